The van der Waals surface area contributed by atoms with Crippen molar-refractivity contribution in [1.29, 1.82) is 0 Å². The molecule has 0 aromatic carbocycles. The van der Waals surface area contributed by atoms with Crippen molar-refractivity contribution >= 4 is 0 Å². The smallest absolute Gasteiger partial charge is 0.0484 e. The van der Waals surface area contributed by atoms with Gasteiger partial charge in [0.2, 0.25) is 0 Å². The van der Waals surface area contributed by atoms with Crippen molar-refractivity contribution in [3.63, 3.8) is 0 Å². The van der Waals surface area contributed by atoms with Crippen LogP contribution < -0.4 is 5.73 Å². The Labute approximate surface area is 105 Å². The third kappa shape index (κ3) is 2.81. The molecule has 0 radical (unpaired) electrons. The Morgan fingerprint density at radius 3 is 2.29 bits per heavy atom. The Morgan fingerprint density at radius 2 is 1.82 bits per heavy atom. The van der Waals surface area contributed by atoms with Gasteiger partial charge < -0.3 is 15.4 Å². The fraction of sp³-hybridized carbons (Fsp3) is 1.00. The molecule has 0 aliphatic carbocycles. The van der Waals surface area contributed by atoms with Crippen molar-refractivity contribution in [2.75, 3.05) is 46.9 Å². The fourth-order valence-electron chi connectivity index (χ4n) is 3.26. The molecule has 4 heteroatoms. The van der Waals surface area contributed by atoms with Crippen LogP contribution in [0.15, 0.2) is 0 Å². The van der Waals surface area contributed by atoms with Gasteiger partial charge in [-0.1, -0.05) is 0 Å². The molecule has 100 valence electrons. The maximum atomic E-state index is 6.06. The van der Waals surface area contributed by atoms with E-state index in [4.69, 9.17) is 10.5 Å². The fourth-order valence-corrected chi connectivity index (χ4v) is 3.26. The van der Waals surface area contributed by atoms with E-state index in [-0.39, 0.29) is 5.54 Å². The molecule has 0 aromatic heterocycles. The van der Waals surface area contributed by atoms with E-state index < -0.39 is 0 Å². The van der Waals surface area contributed by atoms with Crippen molar-refractivity contribution in [2.24, 2.45) is 5.73 Å². The Bertz CT molecular complexity index is 231. The van der Waals surface area contributed by atoms with Gasteiger partial charge in [0.1, 0.15) is 0 Å². The molecule has 0 unspecified atom stereocenters. The summed E-state index contributed by atoms with van der Waals surface area (Å²) in [5, 5.41) is 0. The molecule has 0 saturated carbocycles. The summed E-state index contributed by atoms with van der Waals surface area (Å²) in [5.74, 6) is 0. The molecule has 17 heavy (non-hydrogen) atoms. The monoisotopic (exact) mass is 241 g/mol. The molecule has 2 rings (SSSR count). The molecular weight excluding hydrogens is 214 g/mol. The SMILES string of the molecule is CN(C)C1CCN(C2(CN)CCOCC2)CC1. The first kappa shape index (κ1) is 13.3. The average Bonchev–Trinajstić information content (AvgIpc) is 2.39. The lowest BCUT2D eigenvalue weighted by Crippen LogP contribution is -2.60. The van der Waals surface area contributed by atoms with Crippen LogP contribution >= 0.6 is 0 Å². The quantitative estimate of drug-likeness (QED) is 0.782. The summed E-state index contributed by atoms with van der Waals surface area (Å²) in [6.45, 7) is 4.93. The van der Waals surface area contributed by atoms with E-state index in [2.05, 4.69) is 23.9 Å². The zero-order valence-electron chi connectivity index (χ0n) is 11.3. The van der Waals surface area contributed by atoms with Gasteiger partial charge in [-0.3, -0.25) is 4.90 Å². The summed E-state index contributed by atoms with van der Waals surface area (Å²) in [6, 6.07) is 0.751. The van der Waals surface area contributed by atoms with Gasteiger partial charge in [-0.15, -0.1) is 0 Å². The van der Waals surface area contributed by atoms with Gasteiger partial charge in [0.25, 0.3) is 0 Å². The topological polar surface area (TPSA) is 41.7 Å². The van der Waals surface area contributed by atoms with E-state index in [0.29, 0.717) is 0 Å². The summed E-state index contributed by atoms with van der Waals surface area (Å²) in [6.07, 6.45) is 4.76. The highest BCUT2D eigenvalue weighted by Gasteiger charge is 2.39. The van der Waals surface area contributed by atoms with Crippen LogP contribution in [0.5, 0.6) is 0 Å². The summed E-state index contributed by atoms with van der Waals surface area (Å²) in [4.78, 5) is 4.99. The normalized spacial score (nSPS) is 27.5. The summed E-state index contributed by atoms with van der Waals surface area (Å²) in [5.41, 5.74) is 6.29. The van der Waals surface area contributed by atoms with Crippen LogP contribution in [0.25, 0.3) is 0 Å². The molecule has 0 amide bonds. The maximum absolute atomic E-state index is 6.06. The number of ether oxygens (including phenoxy) is 1. The van der Waals surface area contributed by atoms with E-state index in [1.54, 1.807) is 0 Å². The molecule has 2 N–H and O–H groups in total. The molecule has 0 atom stereocenters. The van der Waals surface area contributed by atoms with Gasteiger partial charge in [0, 0.05) is 44.4 Å². The molecular formula is C13H27N3O. The lowest BCUT2D eigenvalue weighted by Gasteiger charge is -2.49. The number of rotatable bonds is 3. The minimum absolute atomic E-state index is 0.232. The Balaban J connectivity index is 1.93. The molecule has 0 spiro atoms. The molecule has 2 saturated heterocycles. The lowest BCUT2D eigenvalue weighted by atomic mass is 9.85. The van der Waals surface area contributed by atoms with Crippen molar-refractivity contribution in [3.8, 4) is 0 Å². The number of piperidine rings is 1. The maximum Gasteiger partial charge on any atom is 0.0484 e. The zero-order valence-corrected chi connectivity index (χ0v) is 11.3. The van der Waals surface area contributed by atoms with Crippen molar-refractivity contribution in [2.45, 2.75) is 37.3 Å². The molecule has 2 aliphatic rings. The van der Waals surface area contributed by atoms with Gasteiger partial charge in [-0.2, -0.15) is 0 Å². The summed E-state index contributed by atoms with van der Waals surface area (Å²) in [7, 11) is 4.38. The zero-order chi connectivity index (χ0) is 12.3. The van der Waals surface area contributed by atoms with Gasteiger partial charge >= 0.3 is 0 Å². The highest BCUT2D eigenvalue weighted by Crippen LogP contribution is 2.30. The highest BCUT2D eigenvalue weighted by atomic mass is 16.5. The average molecular weight is 241 g/mol. The van der Waals surface area contributed by atoms with Crippen LogP contribution in [0.2, 0.25) is 0 Å². The van der Waals surface area contributed by atoms with Crippen LogP contribution in [-0.4, -0.2) is 68.3 Å². The third-order valence-corrected chi connectivity index (χ3v) is 4.67. The van der Waals surface area contributed by atoms with Crippen LogP contribution in [0.3, 0.4) is 0 Å². The van der Waals surface area contributed by atoms with Crippen LogP contribution in [0.4, 0.5) is 0 Å². The molecule has 2 heterocycles. The second-order valence-corrected chi connectivity index (χ2v) is 5.72. The minimum atomic E-state index is 0.232. The first-order valence-corrected chi connectivity index (χ1v) is 6.87. The first-order valence-electron chi connectivity index (χ1n) is 6.87. The van der Waals surface area contributed by atoms with E-state index >= 15 is 0 Å². The number of hydrogen-bond acceptors (Lipinski definition) is 4. The third-order valence-electron chi connectivity index (χ3n) is 4.67. The Morgan fingerprint density at radius 1 is 1.24 bits per heavy atom. The Kier molecular flexibility index (Phi) is 4.42. The first-order chi connectivity index (χ1) is 8.18. The van der Waals surface area contributed by atoms with E-state index in [1.807, 2.05) is 0 Å². The largest absolute Gasteiger partial charge is 0.381 e. The van der Waals surface area contributed by atoms with Gasteiger partial charge in [0.05, 0.1) is 0 Å². The van der Waals surface area contributed by atoms with Crippen molar-refractivity contribution in [3.05, 3.63) is 0 Å². The predicted molar refractivity (Wildman–Crippen MR) is 70.1 cm³/mol. The van der Waals surface area contributed by atoms with E-state index in [0.717, 1.165) is 38.6 Å². The van der Waals surface area contributed by atoms with Gasteiger partial charge in [0.15, 0.2) is 0 Å². The van der Waals surface area contributed by atoms with Crippen LogP contribution in [-0.2, 0) is 4.74 Å². The molecule has 2 aliphatic heterocycles. The second-order valence-electron chi connectivity index (χ2n) is 5.72. The minimum Gasteiger partial charge on any atom is -0.381 e. The predicted octanol–water partition coefficient (Wildman–Crippen LogP) is 0.520. The highest BCUT2D eigenvalue weighted by molar-refractivity contribution is 4.96. The standard InChI is InChI=1S/C13H27N3O/c1-15(2)12-3-7-16(8-4-12)13(11-14)5-9-17-10-6-13/h12H,3-11,14H2,1-2H3. The summed E-state index contributed by atoms with van der Waals surface area (Å²) < 4.78 is 5.49. The summed E-state index contributed by atoms with van der Waals surface area (Å²) >= 11 is 0. The molecule has 0 aromatic rings. The van der Waals surface area contributed by atoms with E-state index in [9.17, 15) is 0 Å². The Hall–Kier alpha value is -0.160. The molecule has 2 fully saturated rings. The number of nitrogens with two attached hydrogens (primary N) is 1. The van der Waals surface area contributed by atoms with E-state index in [1.165, 1.54) is 25.9 Å². The van der Waals surface area contributed by atoms with Gasteiger partial charge in [-0.25, -0.2) is 0 Å². The van der Waals surface area contributed by atoms with Gasteiger partial charge in [-0.05, 0) is 39.8 Å². The molecule has 0 bridgehead atoms. The molecule has 4 nitrogen and oxygen atoms in total. The van der Waals surface area contributed by atoms with Crippen molar-refractivity contribution < 1.29 is 4.74 Å². The van der Waals surface area contributed by atoms with Crippen LogP contribution in [0.1, 0.15) is 25.7 Å². The number of likely N-dealkylation sites (tertiary alicyclic amines) is 1. The number of hydrogen-bond donors (Lipinski definition) is 1. The van der Waals surface area contributed by atoms with Crippen LogP contribution in [0, 0.1) is 0 Å². The lowest BCUT2D eigenvalue weighted by molar-refractivity contribution is -0.0392. The number of nitrogens with zero attached hydrogens (tertiary/aromatic N) is 2. The second kappa shape index (κ2) is 5.65. The van der Waals surface area contributed by atoms with Crippen molar-refractivity contribution in [1.82, 2.24) is 9.80 Å².